The van der Waals surface area contributed by atoms with Gasteiger partial charge >= 0.3 is 0 Å². The highest BCUT2D eigenvalue weighted by Crippen LogP contribution is 2.28. The molecule has 0 bridgehead atoms. The van der Waals surface area contributed by atoms with Gasteiger partial charge in [-0.1, -0.05) is 6.07 Å². The van der Waals surface area contributed by atoms with Gasteiger partial charge in [0.15, 0.2) is 17.1 Å². The first kappa shape index (κ1) is 17.7. The van der Waals surface area contributed by atoms with Gasteiger partial charge in [-0.3, -0.25) is 4.79 Å². The highest BCUT2D eigenvalue weighted by Gasteiger charge is 2.10. The molecule has 7 heteroatoms. The van der Waals surface area contributed by atoms with Gasteiger partial charge in [0.25, 0.3) is 0 Å². The molecule has 0 aliphatic heterocycles. The lowest BCUT2D eigenvalue weighted by atomic mass is 10.1. The Hall–Kier alpha value is -3.09. The van der Waals surface area contributed by atoms with Crippen LogP contribution in [-0.4, -0.2) is 34.7 Å². The molecule has 0 unspecified atom stereocenters. The van der Waals surface area contributed by atoms with Crippen LogP contribution in [0.4, 0.5) is 5.69 Å². The van der Waals surface area contributed by atoms with Crippen molar-refractivity contribution in [1.29, 1.82) is 0 Å². The van der Waals surface area contributed by atoms with Crippen LogP contribution in [0.2, 0.25) is 0 Å². The zero-order chi connectivity index (χ0) is 18.7. The Morgan fingerprint density at radius 2 is 1.92 bits per heavy atom. The molecule has 1 N–H and O–H groups in total. The van der Waals surface area contributed by atoms with Gasteiger partial charge in [-0.2, -0.15) is 5.10 Å². The molecule has 1 amide bonds. The number of rotatable bonds is 6. The Morgan fingerprint density at radius 3 is 2.65 bits per heavy atom. The van der Waals surface area contributed by atoms with Crippen molar-refractivity contribution in [3.05, 3.63) is 47.4 Å². The third-order valence-electron chi connectivity index (χ3n) is 4.10. The SMILES string of the molecule is COc1ccc(CCC(=O)Nc2cc(C)c3nc(C)nn3c2)cc1OC. The van der Waals surface area contributed by atoms with Gasteiger partial charge in [0.1, 0.15) is 5.82 Å². The number of carbonyl (C=O) groups excluding carboxylic acids is 1. The maximum absolute atomic E-state index is 12.3. The number of hydrogen-bond acceptors (Lipinski definition) is 5. The minimum Gasteiger partial charge on any atom is -0.493 e. The van der Waals surface area contributed by atoms with E-state index in [1.165, 1.54) is 0 Å². The van der Waals surface area contributed by atoms with Crippen molar-refractivity contribution < 1.29 is 14.3 Å². The monoisotopic (exact) mass is 354 g/mol. The molecule has 7 nitrogen and oxygen atoms in total. The van der Waals surface area contributed by atoms with Gasteiger partial charge in [-0.05, 0) is 49.6 Å². The lowest BCUT2D eigenvalue weighted by molar-refractivity contribution is -0.116. The van der Waals surface area contributed by atoms with E-state index in [0.717, 1.165) is 16.8 Å². The second-order valence-electron chi connectivity index (χ2n) is 6.08. The topological polar surface area (TPSA) is 77.8 Å². The quantitative estimate of drug-likeness (QED) is 0.736. The van der Waals surface area contributed by atoms with E-state index in [-0.39, 0.29) is 5.91 Å². The second-order valence-corrected chi connectivity index (χ2v) is 6.08. The number of pyridine rings is 1. The van der Waals surface area contributed by atoms with E-state index in [0.29, 0.717) is 35.9 Å². The van der Waals surface area contributed by atoms with Gasteiger partial charge in [0.05, 0.1) is 26.1 Å². The van der Waals surface area contributed by atoms with E-state index in [9.17, 15) is 4.79 Å². The van der Waals surface area contributed by atoms with Crippen molar-refractivity contribution in [2.24, 2.45) is 0 Å². The summed E-state index contributed by atoms with van der Waals surface area (Å²) in [5.41, 5.74) is 3.47. The first-order valence-corrected chi connectivity index (χ1v) is 8.34. The van der Waals surface area contributed by atoms with Crippen LogP contribution >= 0.6 is 0 Å². The molecule has 136 valence electrons. The normalized spacial score (nSPS) is 10.8. The van der Waals surface area contributed by atoms with Crippen LogP contribution in [0.5, 0.6) is 11.5 Å². The van der Waals surface area contributed by atoms with Crippen molar-refractivity contribution in [1.82, 2.24) is 14.6 Å². The molecule has 3 aromatic rings. The van der Waals surface area contributed by atoms with Crippen molar-refractivity contribution in [2.75, 3.05) is 19.5 Å². The number of nitrogens with zero attached hydrogens (tertiary/aromatic N) is 3. The molecule has 0 atom stereocenters. The zero-order valence-corrected chi connectivity index (χ0v) is 15.4. The minimum atomic E-state index is -0.0598. The fourth-order valence-electron chi connectivity index (χ4n) is 2.84. The molecule has 0 spiro atoms. The predicted octanol–water partition coefficient (Wildman–Crippen LogP) is 2.93. The predicted molar refractivity (Wildman–Crippen MR) is 99.0 cm³/mol. The number of hydrogen-bond donors (Lipinski definition) is 1. The molecule has 3 rings (SSSR count). The molecule has 0 aliphatic carbocycles. The summed E-state index contributed by atoms with van der Waals surface area (Å²) in [5, 5.41) is 7.22. The number of carbonyl (C=O) groups is 1. The number of methoxy groups -OCH3 is 2. The molecule has 1 aromatic carbocycles. The summed E-state index contributed by atoms with van der Waals surface area (Å²) in [5.74, 6) is 1.97. The number of anilines is 1. The summed E-state index contributed by atoms with van der Waals surface area (Å²) in [6.45, 7) is 3.79. The Morgan fingerprint density at radius 1 is 1.15 bits per heavy atom. The fraction of sp³-hybridized carbons (Fsp3) is 0.316. The van der Waals surface area contributed by atoms with Crippen LogP contribution in [0, 0.1) is 13.8 Å². The third-order valence-corrected chi connectivity index (χ3v) is 4.10. The van der Waals surface area contributed by atoms with Crippen molar-refractivity contribution in [2.45, 2.75) is 26.7 Å². The van der Waals surface area contributed by atoms with Gasteiger partial charge in [-0.25, -0.2) is 9.50 Å². The first-order chi connectivity index (χ1) is 12.5. The number of nitrogens with one attached hydrogen (secondary N) is 1. The van der Waals surface area contributed by atoms with Crippen LogP contribution in [0.1, 0.15) is 23.4 Å². The number of aryl methyl sites for hydroxylation is 3. The van der Waals surface area contributed by atoms with E-state index in [4.69, 9.17) is 9.47 Å². The number of fused-ring (bicyclic) bond motifs is 1. The summed E-state index contributed by atoms with van der Waals surface area (Å²) in [7, 11) is 3.19. The average molecular weight is 354 g/mol. The molecular weight excluding hydrogens is 332 g/mol. The lowest BCUT2D eigenvalue weighted by Gasteiger charge is -2.10. The summed E-state index contributed by atoms with van der Waals surface area (Å²) in [6.07, 6.45) is 2.75. The van der Waals surface area contributed by atoms with Crippen LogP contribution in [0.3, 0.4) is 0 Å². The molecule has 0 saturated carbocycles. The van der Waals surface area contributed by atoms with Crippen molar-refractivity contribution in [3.8, 4) is 11.5 Å². The molecule has 0 radical (unpaired) electrons. The first-order valence-electron chi connectivity index (χ1n) is 8.34. The van der Waals surface area contributed by atoms with Gasteiger partial charge in [0, 0.05) is 6.42 Å². The van der Waals surface area contributed by atoms with Crippen molar-refractivity contribution >= 4 is 17.2 Å². The Balaban J connectivity index is 1.66. The Labute approximate surface area is 152 Å². The molecule has 0 aliphatic rings. The van der Waals surface area contributed by atoms with Crippen LogP contribution in [0.15, 0.2) is 30.5 Å². The highest BCUT2D eigenvalue weighted by molar-refractivity contribution is 5.91. The van der Waals surface area contributed by atoms with Crippen LogP contribution in [0.25, 0.3) is 5.65 Å². The lowest BCUT2D eigenvalue weighted by Crippen LogP contribution is -2.13. The van der Waals surface area contributed by atoms with E-state index >= 15 is 0 Å². The van der Waals surface area contributed by atoms with Crippen molar-refractivity contribution in [3.63, 3.8) is 0 Å². The largest absolute Gasteiger partial charge is 0.493 e. The molecule has 2 heterocycles. The molecule has 26 heavy (non-hydrogen) atoms. The van der Waals surface area contributed by atoms with E-state index in [1.54, 1.807) is 24.9 Å². The number of aromatic nitrogens is 3. The van der Waals surface area contributed by atoms with E-state index < -0.39 is 0 Å². The number of amides is 1. The molecule has 0 fully saturated rings. The van der Waals surface area contributed by atoms with Gasteiger partial charge in [-0.15, -0.1) is 0 Å². The van der Waals surface area contributed by atoms with E-state index in [1.807, 2.05) is 38.1 Å². The fourth-order valence-corrected chi connectivity index (χ4v) is 2.84. The second kappa shape index (κ2) is 7.43. The minimum absolute atomic E-state index is 0.0598. The Bertz CT molecular complexity index is 949. The standard InChI is InChI=1S/C19H22N4O3/c1-12-9-15(11-23-19(12)20-13(2)22-23)21-18(24)8-6-14-5-7-16(25-3)17(10-14)26-4/h5,7,9-11H,6,8H2,1-4H3,(H,21,24). The van der Waals surface area contributed by atoms with Gasteiger partial charge < -0.3 is 14.8 Å². The summed E-state index contributed by atoms with van der Waals surface area (Å²) in [4.78, 5) is 16.7. The van der Waals surface area contributed by atoms with Crippen LogP contribution < -0.4 is 14.8 Å². The number of benzene rings is 1. The summed E-state index contributed by atoms with van der Waals surface area (Å²) in [6, 6.07) is 7.57. The molecule has 2 aromatic heterocycles. The van der Waals surface area contributed by atoms with Gasteiger partial charge in [0.2, 0.25) is 5.91 Å². The number of ether oxygens (including phenoxy) is 2. The third kappa shape index (κ3) is 3.77. The summed E-state index contributed by atoms with van der Waals surface area (Å²) < 4.78 is 12.2. The molecular formula is C19H22N4O3. The van der Waals surface area contributed by atoms with Crippen LogP contribution in [-0.2, 0) is 11.2 Å². The zero-order valence-electron chi connectivity index (χ0n) is 15.4. The Kier molecular flexibility index (Phi) is 5.06. The maximum Gasteiger partial charge on any atom is 0.224 e. The summed E-state index contributed by atoms with van der Waals surface area (Å²) >= 11 is 0. The van der Waals surface area contributed by atoms with E-state index in [2.05, 4.69) is 15.4 Å². The average Bonchev–Trinajstić information content (AvgIpc) is 3.00. The maximum atomic E-state index is 12.3. The highest BCUT2D eigenvalue weighted by atomic mass is 16.5. The smallest absolute Gasteiger partial charge is 0.224 e. The molecule has 0 saturated heterocycles.